The topological polar surface area (TPSA) is 74.6 Å². The number of hydrogen-bond acceptors (Lipinski definition) is 4. The van der Waals surface area contributed by atoms with Crippen LogP contribution in [0, 0.1) is 13.8 Å². The van der Waals surface area contributed by atoms with Crippen LogP contribution in [-0.2, 0) is 0 Å². The van der Waals surface area contributed by atoms with E-state index in [0.29, 0.717) is 5.69 Å². The normalized spacial score (nSPS) is 10.8. The molecule has 19 heavy (non-hydrogen) atoms. The molecule has 0 unspecified atom stereocenters. The Morgan fingerprint density at radius 2 is 1.37 bits per heavy atom. The number of hydrogen-bond donors (Lipinski definition) is 1. The van der Waals surface area contributed by atoms with Gasteiger partial charge in [-0.3, -0.25) is 9.13 Å². The fourth-order valence-corrected chi connectivity index (χ4v) is 2.01. The van der Waals surface area contributed by atoms with Crippen molar-refractivity contribution in [3.05, 3.63) is 48.6 Å². The van der Waals surface area contributed by atoms with Gasteiger partial charge in [0.2, 0.25) is 0 Å². The Morgan fingerprint density at radius 3 is 1.74 bits per heavy atom. The first-order valence-electron chi connectivity index (χ1n) is 5.93. The summed E-state index contributed by atoms with van der Waals surface area (Å²) in [5.74, 6) is 3.23. The van der Waals surface area contributed by atoms with Crippen LogP contribution in [0.4, 0.5) is 5.69 Å². The van der Waals surface area contributed by atoms with Crippen molar-refractivity contribution < 1.29 is 0 Å². The summed E-state index contributed by atoms with van der Waals surface area (Å²) in [7, 11) is 0. The Hall–Kier alpha value is -2.63. The van der Waals surface area contributed by atoms with Crippen molar-refractivity contribution in [2.24, 2.45) is 0 Å². The van der Waals surface area contributed by atoms with Gasteiger partial charge in [0.15, 0.2) is 0 Å². The van der Waals surface area contributed by atoms with Gasteiger partial charge >= 0.3 is 0 Å². The van der Waals surface area contributed by atoms with Crippen LogP contribution in [0.2, 0.25) is 0 Å². The lowest BCUT2D eigenvalue weighted by Crippen LogP contribution is -2.06. The van der Waals surface area contributed by atoms with Crippen molar-refractivity contribution >= 4 is 5.69 Å². The van der Waals surface area contributed by atoms with E-state index in [9.17, 15) is 0 Å². The van der Waals surface area contributed by atoms with Gasteiger partial charge in [0, 0.05) is 42.6 Å². The largest absolute Gasteiger partial charge is 0.399 e. The second-order valence-electron chi connectivity index (χ2n) is 4.31. The molecule has 0 radical (unpaired) electrons. The minimum Gasteiger partial charge on any atom is -0.399 e. The Kier molecular flexibility index (Phi) is 2.56. The molecule has 0 aromatic carbocycles. The summed E-state index contributed by atoms with van der Waals surface area (Å²) in [5, 5.41) is 0. The summed E-state index contributed by atoms with van der Waals surface area (Å²) in [6.07, 6.45) is 7.20. The molecule has 3 heterocycles. The Labute approximate surface area is 110 Å². The molecule has 0 aliphatic heterocycles. The molecule has 0 spiro atoms. The van der Waals surface area contributed by atoms with Crippen LogP contribution in [0.1, 0.15) is 11.6 Å². The number of nitrogen functional groups attached to an aromatic ring is 1. The second-order valence-corrected chi connectivity index (χ2v) is 4.31. The molecule has 0 amide bonds. The fraction of sp³-hybridized carbons (Fsp3) is 0.154. The number of aryl methyl sites for hydroxylation is 2. The third-order valence-corrected chi connectivity index (χ3v) is 2.97. The van der Waals surface area contributed by atoms with Crippen LogP contribution >= 0.6 is 0 Å². The SMILES string of the molecule is Cc1nccn1-c1cc(N)cc(-n2ccnc2C)n1. The van der Waals surface area contributed by atoms with Crippen LogP contribution in [0.25, 0.3) is 11.6 Å². The third kappa shape index (κ3) is 1.97. The van der Waals surface area contributed by atoms with Crippen molar-refractivity contribution in [2.75, 3.05) is 5.73 Å². The van der Waals surface area contributed by atoms with Gasteiger partial charge in [-0.25, -0.2) is 15.0 Å². The second kappa shape index (κ2) is 4.24. The highest BCUT2D eigenvalue weighted by Crippen LogP contribution is 2.17. The van der Waals surface area contributed by atoms with E-state index < -0.39 is 0 Å². The summed E-state index contributed by atoms with van der Waals surface area (Å²) in [6, 6.07) is 3.65. The molecule has 0 atom stereocenters. The number of nitrogens with two attached hydrogens (primary N) is 1. The van der Waals surface area contributed by atoms with Gasteiger partial charge in [0.05, 0.1) is 0 Å². The Bertz CT molecular complexity index is 666. The molecular formula is C13H14N6. The zero-order valence-electron chi connectivity index (χ0n) is 10.8. The van der Waals surface area contributed by atoms with E-state index in [1.54, 1.807) is 12.4 Å². The van der Waals surface area contributed by atoms with Gasteiger partial charge in [-0.1, -0.05) is 0 Å². The monoisotopic (exact) mass is 254 g/mol. The number of anilines is 1. The number of imidazole rings is 2. The number of pyridine rings is 1. The highest BCUT2D eigenvalue weighted by Gasteiger charge is 2.08. The Morgan fingerprint density at radius 1 is 0.895 bits per heavy atom. The average Bonchev–Trinajstić information content (AvgIpc) is 2.97. The first-order chi connectivity index (χ1) is 9.15. The number of nitrogens with zero attached hydrogens (tertiary/aromatic N) is 5. The maximum absolute atomic E-state index is 5.96. The van der Waals surface area contributed by atoms with E-state index >= 15 is 0 Å². The fourth-order valence-electron chi connectivity index (χ4n) is 2.01. The quantitative estimate of drug-likeness (QED) is 0.754. The van der Waals surface area contributed by atoms with Crippen molar-refractivity contribution in [3.8, 4) is 11.6 Å². The summed E-state index contributed by atoms with van der Waals surface area (Å²) >= 11 is 0. The van der Waals surface area contributed by atoms with Crippen molar-refractivity contribution in [3.63, 3.8) is 0 Å². The molecule has 3 aromatic rings. The predicted octanol–water partition coefficient (Wildman–Crippen LogP) is 1.65. The summed E-state index contributed by atoms with van der Waals surface area (Å²) in [6.45, 7) is 3.85. The molecule has 0 bridgehead atoms. The molecule has 0 saturated carbocycles. The molecule has 2 N–H and O–H groups in total. The number of aromatic nitrogens is 5. The standard InChI is InChI=1S/C13H14N6/c1-9-15-3-5-18(9)12-7-11(14)8-13(17-12)19-6-4-16-10(19)2/h3-8H,1-2H3,(H2,14,17). The zero-order chi connectivity index (χ0) is 13.4. The molecule has 0 saturated heterocycles. The van der Waals surface area contributed by atoms with Crippen LogP contribution in [0.5, 0.6) is 0 Å². The molecule has 0 aliphatic carbocycles. The molecular weight excluding hydrogens is 240 g/mol. The van der Waals surface area contributed by atoms with Gasteiger partial charge in [-0.05, 0) is 13.8 Å². The van der Waals surface area contributed by atoms with Crippen LogP contribution < -0.4 is 5.73 Å². The van der Waals surface area contributed by atoms with E-state index in [4.69, 9.17) is 5.73 Å². The summed E-state index contributed by atoms with van der Waals surface area (Å²) < 4.78 is 3.79. The van der Waals surface area contributed by atoms with E-state index in [0.717, 1.165) is 23.3 Å². The highest BCUT2D eigenvalue weighted by atomic mass is 15.2. The van der Waals surface area contributed by atoms with Gasteiger partial charge in [-0.2, -0.15) is 0 Å². The van der Waals surface area contributed by atoms with Gasteiger partial charge in [0.1, 0.15) is 23.3 Å². The van der Waals surface area contributed by atoms with E-state index in [1.807, 2.05) is 47.5 Å². The molecule has 0 fully saturated rings. The van der Waals surface area contributed by atoms with Crippen molar-refractivity contribution in [2.45, 2.75) is 13.8 Å². The lowest BCUT2D eigenvalue weighted by Gasteiger charge is -2.10. The molecule has 3 rings (SSSR count). The molecule has 0 aliphatic rings. The van der Waals surface area contributed by atoms with Gasteiger partial charge in [0.25, 0.3) is 0 Å². The minimum atomic E-state index is 0.654. The molecule has 96 valence electrons. The van der Waals surface area contributed by atoms with Gasteiger partial charge < -0.3 is 5.73 Å². The minimum absolute atomic E-state index is 0.654. The van der Waals surface area contributed by atoms with Crippen LogP contribution in [-0.4, -0.2) is 24.1 Å². The maximum Gasteiger partial charge on any atom is 0.142 e. The first kappa shape index (κ1) is 11.5. The van der Waals surface area contributed by atoms with Crippen molar-refractivity contribution in [1.82, 2.24) is 24.1 Å². The van der Waals surface area contributed by atoms with Crippen LogP contribution in [0.15, 0.2) is 36.9 Å². The van der Waals surface area contributed by atoms with Gasteiger partial charge in [-0.15, -0.1) is 0 Å². The number of rotatable bonds is 2. The van der Waals surface area contributed by atoms with Crippen LogP contribution in [0.3, 0.4) is 0 Å². The van der Waals surface area contributed by atoms with E-state index in [1.165, 1.54) is 0 Å². The van der Waals surface area contributed by atoms with E-state index in [2.05, 4.69) is 15.0 Å². The summed E-state index contributed by atoms with van der Waals surface area (Å²) in [4.78, 5) is 13.0. The average molecular weight is 254 g/mol. The lowest BCUT2D eigenvalue weighted by atomic mass is 10.3. The first-order valence-corrected chi connectivity index (χ1v) is 5.93. The lowest BCUT2D eigenvalue weighted by molar-refractivity contribution is 0.886. The van der Waals surface area contributed by atoms with E-state index in [-0.39, 0.29) is 0 Å². The Balaban J connectivity index is 2.17. The predicted molar refractivity (Wildman–Crippen MR) is 72.4 cm³/mol. The molecule has 6 nitrogen and oxygen atoms in total. The highest BCUT2D eigenvalue weighted by molar-refractivity contribution is 5.50. The smallest absolute Gasteiger partial charge is 0.142 e. The maximum atomic E-state index is 5.96. The molecule has 3 aromatic heterocycles. The molecule has 6 heteroatoms. The zero-order valence-corrected chi connectivity index (χ0v) is 10.8. The van der Waals surface area contributed by atoms with Crippen molar-refractivity contribution in [1.29, 1.82) is 0 Å². The summed E-state index contributed by atoms with van der Waals surface area (Å²) in [5.41, 5.74) is 6.62. The third-order valence-electron chi connectivity index (χ3n) is 2.97.